The van der Waals surface area contributed by atoms with E-state index < -0.39 is 7.41 Å². The van der Waals surface area contributed by atoms with E-state index in [9.17, 15) is 4.79 Å². The number of nitriles is 1. The van der Waals surface area contributed by atoms with Crippen molar-refractivity contribution in [2.45, 2.75) is 6.54 Å². The topological polar surface area (TPSA) is 68.8 Å². The summed E-state index contributed by atoms with van der Waals surface area (Å²) < 4.78 is 1.83. The molecule has 0 radical (unpaired) electrons. The summed E-state index contributed by atoms with van der Waals surface area (Å²) in [5.41, 5.74) is 7.19. The lowest BCUT2D eigenvalue weighted by molar-refractivity contribution is -0.527. The van der Waals surface area contributed by atoms with E-state index in [-0.39, 0.29) is 5.91 Å². The van der Waals surface area contributed by atoms with Crippen LogP contribution < -0.4 is 15.3 Å². The fourth-order valence-corrected chi connectivity index (χ4v) is 1.81. The maximum absolute atomic E-state index is 11.9. The van der Waals surface area contributed by atoms with Crippen molar-refractivity contribution in [3.8, 4) is 5.97 Å². The Morgan fingerprint density at radius 3 is 2.55 bits per heavy atom. The van der Waals surface area contributed by atoms with Gasteiger partial charge in [0.15, 0.2) is 0 Å². The second kappa shape index (κ2) is 7.07. The number of nitrogens with one attached hydrogen (secondary N) is 2. The Hall–Kier alpha value is -2.65. The fourth-order valence-electron chi connectivity index (χ4n) is 1.81. The predicted molar refractivity (Wildman–Crippen MR) is 76.9 cm³/mol. The standard InChI is InChI=1S/C14H15BN4O/c16-11-15-19-8-6-13(7-9-19)14(20)18-17-10-12-4-2-1-3-5-12/h1-9,17H,10,15H2,(H,18,20). The summed E-state index contributed by atoms with van der Waals surface area (Å²) >= 11 is 0. The molecule has 2 aromatic rings. The number of carbonyl (C=O) groups is 1. The summed E-state index contributed by atoms with van der Waals surface area (Å²) in [6.45, 7) is 0.570. The summed E-state index contributed by atoms with van der Waals surface area (Å²) in [4.78, 5) is 11.9. The SMILES string of the molecule is N#C[BH2-][n+]1ccc(C(=O)NNCc2ccccc2)cc1. The smallest absolute Gasteiger partial charge is 0.349 e. The highest BCUT2D eigenvalue weighted by Crippen LogP contribution is 1.97. The van der Waals surface area contributed by atoms with Crippen molar-refractivity contribution in [1.29, 1.82) is 5.26 Å². The van der Waals surface area contributed by atoms with Crippen molar-refractivity contribution in [3.05, 3.63) is 66.0 Å². The number of hydrogen-bond acceptors (Lipinski definition) is 3. The van der Waals surface area contributed by atoms with Gasteiger partial charge in [-0.15, -0.1) is 0 Å². The van der Waals surface area contributed by atoms with Gasteiger partial charge in [0.1, 0.15) is 12.4 Å². The molecule has 20 heavy (non-hydrogen) atoms. The van der Waals surface area contributed by atoms with Crippen LogP contribution in [0, 0.1) is 11.2 Å². The first-order chi connectivity index (χ1) is 9.79. The Morgan fingerprint density at radius 1 is 1.20 bits per heavy atom. The lowest BCUT2D eigenvalue weighted by Gasteiger charge is -2.07. The monoisotopic (exact) mass is 266 g/mol. The first-order valence-electron chi connectivity index (χ1n) is 6.50. The number of rotatable bonds is 5. The summed E-state index contributed by atoms with van der Waals surface area (Å²) in [6, 6.07) is 13.2. The van der Waals surface area contributed by atoms with E-state index in [2.05, 4.69) is 16.8 Å². The molecule has 0 fully saturated rings. The molecule has 0 atom stereocenters. The molecule has 5 nitrogen and oxygen atoms in total. The van der Waals surface area contributed by atoms with Crippen LogP contribution in [-0.4, -0.2) is 13.3 Å². The summed E-state index contributed by atoms with van der Waals surface area (Å²) in [6.07, 6.45) is 3.52. The van der Waals surface area contributed by atoms with Crippen LogP contribution in [0.1, 0.15) is 15.9 Å². The lowest BCUT2D eigenvalue weighted by atomic mass is 9.98. The number of hydrazine groups is 1. The molecule has 2 N–H and O–H groups in total. The Kier molecular flexibility index (Phi) is 4.87. The third-order valence-corrected chi connectivity index (χ3v) is 2.94. The number of amides is 1. The molecule has 100 valence electrons. The second-order valence-corrected chi connectivity index (χ2v) is 4.49. The van der Waals surface area contributed by atoms with Crippen LogP contribution >= 0.6 is 0 Å². The van der Waals surface area contributed by atoms with Crippen molar-refractivity contribution < 1.29 is 9.27 Å². The zero-order chi connectivity index (χ0) is 14.2. The van der Waals surface area contributed by atoms with Gasteiger partial charge in [-0.3, -0.25) is 10.2 Å². The maximum atomic E-state index is 11.9. The third kappa shape index (κ3) is 3.94. The van der Waals surface area contributed by atoms with E-state index in [0.717, 1.165) is 5.56 Å². The Balaban J connectivity index is 1.84. The molecule has 1 heterocycles. The van der Waals surface area contributed by atoms with Gasteiger partial charge in [0, 0.05) is 18.7 Å². The molecule has 0 aliphatic rings. The predicted octanol–water partition coefficient (Wildman–Crippen LogP) is -0.178. The van der Waals surface area contributed by atoms with Crippen molar-refractivity contribution in [2.75, 3.05) is 0 Å². The van der Waals surface area contributed by atoms with Gasteiger partial charge in [-0.2, -0.15) is 0 Å². The summed E-state index contributed by atoms with van der Waals surface area (Å²) in [5.74, 6) is 1.97. The van der Waals surface area contributed by atoms with Crippen molar-refractivity contribution >= 4 is 13.3 Å². The number of nitrogens with zero attached hydrogens (tertiary/aromatic N) is 2. The molecule has 2 rings (SSSR count). The fraction of sp³-hybridized carbons (Fsp3) is 0.0714. The minimum atomic E-state index is -0.799. The minimum absolute atomic E-state index is 0.190. The molecular formula is C14H15BN4O. The molecule has 1 aromatic carbocycles. The van der Waals surface area contributed by atoms with E-state index in [1.165, 1.54) is 0 Å². The van der Waals surface area contributed by atoms with E-state index in [0.29, 0.717) is 12.1 Å². The van der Waals surface area contributed by atoms with E-state index >= 15 is 0 Å². The van der Waals surface area contributed by atoms with Crippen LogP contribution in [0.3, 0.4) is 0 Å². The second-order valence-electron chi connectivity index (χ2n) is 4.49. The van der Waals surface area contributed by atoms with Gasteiger partial charge in [0.25, 0.3) is 5.91 Å². The zero-order valence-corrected chi connectivity index (χ0v) is 11.2. The quantitative estimate of drug-likeness (QED) is 0.582. The van der Waals surface area contributed by atoms with E-state index in [1.807, 2.05) is 34.8 Å². The van der Waals surface area contributed by atoms with Crippen LogP contribution in [0.2, 0.25) is 0 Å². The highest BCUT2D eigenvalue weighted by Gasteiger charge is 2.05. The van der Waals surface area contributed by atoms with Gasteiger partial charge in [-0.05, 0) is 5.56 Å². The van der Waals surface area contributed by atoms with E-state index in [4.69, 9.17) is 5.26 Å². The van der Waals surface area contributed by atoms with Crippen molar-refractivity contribution in [3.63, 3.8) is 0 Å². The van der Waals surface area contributed by atoms with Gasteiger partial charge in [0.2, 0.25) is 0 Å². The molecule has 0 spiro atoms. The molecule has 0 unspecified atom stereocenters. The average molecular weight is 266 g/mol. The van der Waals surface area contributed by atoms with Gasteiger partial charge >= 0.3 is 7.41 Å². The summed E-state index contributed by atoms with van der Waals surface area (Å²) in [7, 11) is -0.799. The van der Waals surface area contributed by atoms with Crippen LogP contribution in [0.5, 0.6) is 0 Å². The Morgan fingerprint density at radius 2 is 1.90 bits per heavy atom. The normalized spacial score (nSPS) is 9.75. The van der Waals surface area contributed by atoms with Gasteiger partial charge in [-0.1, -0.05) is 36.3 Å². The Labute approximate surface area is 118 Å². The number of hydrogen-bond donors (Lipinski definition) is 2. The number of carbonyl (C=O) groups excluding carboxylic acids is 1. The Bertz CT molecular complexity index is 607. The van der Waals surface area contributed by atoms with Crippen LogP contribution in [-0.2, 0) is 6.54 Å². The zero-order valence-electron chi connectivity index (χ0n) is 11.2. The molecular weight excluding hydrogens is 251 g/mol. The van der Waals surface area contributed by atoms with Gasteiger partial charge in [-0.25, -0.2) is 10.7 Å². The molecule has 1 amide bonds. The molecule has 1 aromatic heterocycles. The number of benzene rings is 1. The number of pyridine rings is 1. The molecule has 0 aliphatic heterocycles. The minimum Gasteiger partial charge on any atom is -0.420 e. The van der Waals surface area contributed by atoms with Gasteiger partial charge < -0.3 is 4.48 Å². The molecule has 0 saturated carbocycles. The first kappa shape index (κ1) is 13.8. The number of aromatic nitrogens is 1. The third-order valence-electron chi connectivity index (χ3n) is 2.94. The molecule has 0 aliphatic carbocycles. The largest absolute Gasteiger partial charge is 0.420 e. The van der Waals surface area contributed by atoms with E-state index in [1.54, 1.807) is 24.5 Å². The lowest BCUT2D eigenvalue weighted by Crippen LogP contribution is -2.40. The summed E-state index contributed by atoms with van der Waals surface area (Å²) in [5, 5.41) is 8.62. The average Bonchev–Trinajstić information content (AvgIpc) is 2.49. The first-order valence-corrected chi connectivity index (χ1v) is 6.50. The van der Waals surface area contributed by atoms with Crippen molar-refractivity contribution in [1.82, 2.24) is 10.9 Å². The molecule has 0 saturated heterocycles. The maximum Gasteiger partial charge on any atom is 0.349 e. The van der Waals surface area contributed by atoms with Crippen LogP contribution in [0.15, 0.2) is 54.9 Å². The van der Waals surface area contributed by atoms with Crippen molar-refractivity contribution in [2.24, 2.45) is 0 Å². The highest BCUT2D eigenvalue weighted by atomic mass is 16.2. The van der Waals surface area contributed by atoms with Crippen LogP contribution in [0.25, 0.3) is 0 Å². The highest BCUT2D eigenvalue weighted by molar-refractivity contribution is 6.35. The van der Waals surface area contributed by atoms with Gasteiger partial charge in [0.05, 0.1) is 5.56 Å². The molecule has 6 heteroatoms. The van der Waals surface area contributed by atoms with Crippen LogP contribution in [0.4, 0.5) is 0 Å². The molecule has 0 bridgehead atoms.